The van der Waals surface area contributed by atoms with Gasteiger partial charge in [-0.25, -0.2) is 0 Å². The molecule has 0 radical (unpaired) electrons. The molecule has 0 aliphatic heterocycles. The van der Waals surface area contributed by atoms with Gasteiger partial charge in [0.25, 0.3) is 0 Å². The van der Waals surface area contributed by atoms with Crippen LogP contribution in [0.3, 0.4) is 0 Å². The molecule has 2 amide bonds. The Bertz CT molecular complexity index is 520. The maximum Gasteiger partial charge on any atom is 0.416 e. The average molecular weight is 354 g/mol. The molecule has 0 aliphatic carbocycles. The summed E-state index contributed by atoms with van der Waals surface area (Å²) in [6.45, 7) is -0.654. The summed E-state index contributed by atoms with van der Waals surface area (Å²) in [5.74, 6) is -1.20. The minimum atomic E-state index is -4.51. The number of benzene rings is 1. The van der Waals surface area contributed by atoms with Crippen LogP contribution in [0.15, 0.2) is 22.7 Å². The van der Waals surface area contributed by atoms with Crippen LogP contribution in [-0.2, 0) is 15.8 Å². The van der Waals surface area contributed by atoms with Gasteiger partial charge in [0.05, 0.1) is 24.3 Å². The Morgan fingerprint density at radius 1 is 1.25 bits per heavy atom. The van der Waals surface area contributed by atoms with Crippen LogP contribution in [0.1, 0.15) is 5.56 Å². The second-order valence-corrected chi connectivity index (χ2v) is 4.58. The highest BCUT2D eigenvalue weighted by Crippen LogP contribution is 2.33. The van der Waals surface area contributed by atoms with Gasteiger partial charge in [0.2, 0.25) is 11.8 Å². The molecule has 0 aliphatic rings. The van der Waals surface area contributed by atoms with E-state index >= 15 is 0 Å². The molecule has 1 rings (SSSR count). The number of nitrogens with two attached hydrogens (primary N) is 1. The molecule has 0 atom stereocenters. The zero-order valence-electron chi connectivity index (χ0n) is 10.1. The molecule has 0 fully saturated rings. The van der Waals surface area contributed by atoms with E-state index in [4.69, 9.17) is 5.73 Å². The number of anilines is 1. The first-order chi connectivity index (χ1) is 9.24. The monoisotopic (exact) mass is 353 g/mol. The highest BCUT2D eigenvalue weighted by atomic mass is 79.9. The third-order valence-electron chi connectivity index (χ3n) is 2.20. The molecule has 5 nitrogen and oxygen atoms in total. The van der Waals surface area contributed by atoms with Crippen LogP contribution in [0.4, 0.5) is 18.9 Å². The van der Waals surface area contributed by atoms with E-state index < -0.39 is 23.6 Å². The summed E-state index contributed by atoms with van der Waals surface area (Å²) in [6.07, 6.45) is -4.51. The van der Waals surface area contributed by atoms with Crippen molar-refractivity contribution in [2.24, 2.45) is 5.73 Å². The fourth-order valence-electron chi connectivity index (χ4n) is 1.24. The molecule has 0 saturated heterocycles. The Kier molecular flexibility index (Phi) is 5.52. The maximum absolute atomic E-state index is 12.5. The molecule has 1 aromatic carbocycles. The molecule has 110 valence electrons. The Labute approximate surface area is 120 Å². The van der Waals surface area contributed by atoms with Crippen molar-refractivity contribution in [2.75, 3.05) is 18.4 Å². The van der Waals surface area contributed by atoms with Gasteiger partial charge in [-0.2, -0.15) is 13.2 Å². The van der Waals surface area contributed by atoms with Gasteiger partial charge in [0.15, 0.2) is 0 Å². The summed E-state index contributed by atoms with van der Waals surface area (Å²) < 4.78 is 37.9. The highest BCUT2D eigenvalue weighted by Gasteiger charge is 2.31. The topological polar surface area (TPSA) is 84.2 Å². The SMILES string of the molecule is NCC(=O)NCC(=O)Nc1cc(C(F)(F)F)ccc1Br. The van der Waals surface area contributed by atoms with Gasteiger partial charge < -0.3 is 16.4 Å². The molecule has 0 spiro atoms. The fourth-order valence-corrected chi connectivity index (χ4v) is 1.59. The third kappa shape index (κ3) is 4.82. The van der Waals surface area contributed by atoms with Crippen molar-refractivity contribution in [1.29, 1.82) is 0 Å². The quantitative estimate of drug-likeness (QED) is 0.766. The van der Waals surface area contributed by atoms with Crippen LogP contribution in [0, 0.1) is 0 Å². The number of carbonyl (C=O) groups is 2. The van der Waals surface area contributed by atoms with Crippen molar-refractivity contribution in [3.63, 3.8) is 0 Å². The van der Waals surface area contributed by atoms with Gasteiger partial charge in [-0.15, -0.1) is 0 Å². The second kappa shape index (κ2) is 6.71. The van der Waals surface area contributed by atoms with Crippen LogP contribution in [0.2, 0.25) is 0 Å². The lowest BCUT2D eigenvalue weighted by Crippen LogP contribution is -2.36. The lowest BCUT2D eigenvalue weighted by molar-refractivity contribution is -0.137. The van der Waals surface area contributed by atoms with Gasteiger partial charge in [-0.05, 0) is 34.1 Å². The van der Waals surface area contributed by atoms with Crippen LogP contribution in [0.25, 0.3) is 0 Å². The van der Waals surface area contributed by atoms with Crippen molar-refractivity contribution < 1.29 is 22.8 Å². The van der Waals surface area contributed by atoms with Crippen molar-refractivity contribution in [3.8, 4) is 0 Å². The van der Waals surface area contributed by atoms with Gasteiger partial charge in [-0.1, -0.05) is 0 Å². The van der Waals surface area contributed by atoms with Crippen molar-refractivity contribution in [3.05, 3.63) is 28.2 Å². The number of carbonyl (C=O) groups excluding carboxylic acids is 2. The predicted molar refractivity (Wildman–Crippen MR) is 69.8 cm³/mol. The molecule has 0 saturated carbocycles. The van der Waals surface area contributed by atoms with E-state index in [0.29, 0.717) is 4.47 Å². The molecule has 0 aromatic heterocycles. The van der Waals surface area contributed by atoms with E-state index in [2.05, 4.69) is 26.6 Å². The van der Waals surface area contributed by atoms with Gasteiger partial charge in [-0.3, -0.25) is 9.59 Å². The van der Waals surface area contributed by atoms with Gasteiger partial charge >= 0.3 is 6.18 Å². The lowest BCUT2D eigenvalue weighted by Gasteiger charge is -2.12. The lowest BCUT2D eigenvalue weighted by atomic mass is 10.2. The van der Waals surface area contributed by atoms with Gasteiger partial charge in [0.1, 0.15) is 0 Å². The van der Waals surface area contributed by atoms with Crippen molar-refractivity contribution in [1.82, 2.24) is 5.32 Å². The summed E-state index contributed by atoms with van der Waals surface area (Å²) >= 11 is 3.03. The molecule has 4 N–H and O–H groups in total. The molecule has 0 unspecified atom stereocenters. The largest absolute Gasteiger partial charge is 0.416 e. The Hall–Kier alpha value is -1.61. The first-order valence-corrected chi connectivity index (χ1v) is 6.16. The highest BCUT2D eigenvalue weighted by molar-refractivity contribution is 9.10. The number of alkyl halides is 3. The molecule has 1 aromatic rings. The first-order valence-electron chi connectivity index (χ1n) is 5.37. The standard InChI is InChI=1S/C11H11BrF3N3O2/c12-7-2-1-6(11(13,14)15)3-8(7)18-10(20)5-17-9(19)4-16/h1-3H,4-5,16H2,(H,17,19)(H,18,20). The summed E-state index contributed by atoms with van der Waals surface area (Å²) in [4.78, 5) is 22.3. The molecular formula is C11H11BrF3N3O2. The van der Waals surface area contributed by atoms with E-state index in [0.717, 1.165) is 12.1 Å². The normalized spacial score (nSPS) is 11.1. The summed E-state index contributed by atoms with van der Waals surface area (Å²) in [5.41, 5.74) is 4.10. The fraction of sp³-hybridized carbons (Fsp3) is 0.273. The molecule has 0 heterocycles. The van der Waals surface area contributed by atoms with E-state index in [9.17, 15) is 22.8 Å². The zero-order chi connectivity index (χ0) is 15.3. The van der Waals surface area contributed by atoms with Crippen LogP contribution >= 0.6 is 15.9 Å². The number of hydrogen-bond acceptors (Lipinski definition) is 3. The van der Waals surface area contributed by atoms with E-state index in [1.165, 1.54) is 6.07 Å². The molecule has 20 heavy (non-hydrogen) atoms. The Balaban J connectivity index is 2.76. The van der Waals surface area contributed by atoms with E-state index in [1.54, 1.807) is 0 Å². The van der Waals surface area contributed by atoms with Gasteiger partial charge in [0, 0.05) is 4.47 Å². The number of amides is 2. The smallest absolute Gasteiger partial charge is 0.346 e. The predicted octanol–water partition coefficient (Wildman–Crippen LogP) is 1.48. The summed E-state index contributed by atoms with van der Waals surface area (Å²) in [7, 11) is 0. The molecule has 0 bridgehead atoms. The van der Waals surface area contributed by atoms with Crippen LogP contribution in [-0.4, -0.2) is 24.9 Å². The van der Waals surface area contributed by atoms with Crippen LogP contribution < -0.4 is 16.4 Å². The molecule has 9 heteroatoms. The van der Waals surface area contributed by atoms with Crippen LogP contribution in [0.5, 0.6) is 0 Å². The third-order valence-corrected chi connectivity index (χ3v) is 2.89. The maximum atomic E-state index is 12.5. The van der Waals surface area contributed by atoms with E-state index in [1.807, 2.05) is 0 Å². The average Bonchev–Trinajstić information content (AvgIpc) is 2.37. The van der Waals surface area contributed by atoms with Crippen molar-refractivity contribution in [2.45, 2.75) is 6.18 Å². The Morgan fingerprint density at radius 3 is 2.45 bits per heavy atom. The number of nitrogens with one attached hydrogen (secondary N) is 2. The number of hydrogen-bond donors (Lipinski definition) is 3. The minimum Gasteiger partial charge on any atom is -0.346 e. The molecular weight excluding hydrogens is 343 g/mol. The minimum absolute atomic E-state index is 0.0353. The number of rotatable bonds is 4. The number of halogens is 4. The van der Waals surface area contributed by atoms with E-state index in [-0.39, 0.29) is 18.8 Å². The van der Waals surface area contributed by atoms with Crippen molar-refractivity contribution >= 4 is 33.4 Å². The Morgan fingerprint density at radius 2 is 1.90 bits per heavy atom. The first kappa shape index (κ1) is 16.4. The zero-order valence-corrected chi connectivity index (χ0v) is 11.6. The summed E-state index contributed by atoms with van der Waals surface area (Å²) in [5, 5.41) is 4.46. The second-order valence-electron chi connectivity index (χ2n) is 3.72. The summed E-state index contributed by atoms with van der Waals surface area (Å²) in [6, 6.07) is 2.86.